The van der Waals surface area contributed by atoms with Crippen molar-refractivity contribution < 1.29 is 30.3 Å². The van der Waals surface area contributed by atoms with E-state index in [4.69, 9.17) is 15.8 Å². The van der Waals surface area contributed by atoms with Crippen molar-refractivity contribution in [3.05, 3.63) is 199 Å². The summed E-state index contributed by atoms with van der Waals surface area (Å²) in [6.07, 6.45) is 5.90. The van der Waals surface area contributed by atoms with Gasteiger partial charge in [0.15, 0.2) is 0 Å². The molecule has 0 aliphatic heterocycles. The SMILES string of the molecule is Cc1cccc(C)c1-n1c(-c2[c-]cc(F)cc2)nc2ccccc21.[2H]C1(c2ccc(-c3ccnc(-c4[c-]ccc5c4oc4c(-c6ccccc6)cccc45)c3)cc2)CCC(C)(C)CC1.[Ir]. The molecule has 0 spiro atoms. The van der Waals surface area contributed by atoms with Crippen LogP contribution in [0.2, 0.25) is 0 Å². The number of aromatic nitrogens is 3. The molecule has 1 aliphatic carbocycles. The average molecular weight is 1020 g/mol. The van der Waals surface area contributed by atoms with Crippen LogP contribution < -0.4 is 0 Å². The molecule has 4 nitrogen and oxygen atoms in total. The Morgan fingerprint density at radius 2 is 1.44 bits per heavy atom. The third kappa shape index (κ3) is 8.36. The number of hydrogen-bond donors (Lipinski definition) is 0. The number of halogens is 1. The number of fused-ring (bicyclic) bond motifs is 4. The van der Waals surface area contributed by atoms with Crippen molar-refractivity contribution in [1.82, 2.24) is 14.5 Å². The van der Waals surface area contributed by atoms with E-state index in [0.717, 1.165) is 115 Å². The van der Waals surface area contributed by atoms with E-state index >= 15 is 0 Å². The monoisotopic (exact) mass is 1020 g/mol. The minimum Gasteiger partial charge on any atom is -0.500 e. The van der Waals surface area contributed by atoms with Crippen molar-refractivity contribution in [1.29, 1.82) is 0 Å². The van der Waals surface area contributed by atoms with Crippen LogP contribution in [0.4, 0.5) is 4.39 Å². The van der Waals surface area contributed by atoms with Gasteiger partial charge in [-0.15, -0.1) is 48.0 Å². The van der Waals surface area contributed by atoms with Gasteiger partial charge >= 0.3 is 0 Å². The van der Waals surface area contributed by atoms with Gasteiger partial charge < -0.3 is 14.0 Å². The van der Waals surface area contributed by atoms with Crippen LogP contribution in [0.5, 0.6) is 0 Å². The van der Waals surface area contributed by atoms with E-state index in [1.165, 1.54) is 23.3 Å². The molecule has 0 saturated heterocycles. The van der Waals surface area contributed by atoms with Crippen molar-refractivity contribution in [3.63, 3.8) is 0 Å². The second kappa shape index (κ2) is 18.0. The van der Waals surface area contributed by atoms with Crippen molar-refractivity contribution in [2.24, 2.45) is 5.41 Å². The molecule has 1 fully saturated rings. The number of imidazole rings is 1. The topological polar surface area (TPSA) is 43.9 Å². The summed E-state index contributed by atoms with van der Waals surface area (Å²) >= 11 is 0. The predicted octanol–water partition coefficient (Wildman–Crippen LogP) is 15.7. The number of nitrogens with zero attached hydrogens (tertiary/aromatic N) is 3. The Morgan fingerprint density at radius 3 is 2.19 bits per heavy atom. The molecule has 0 amide bonds. The first kappa shape index (κ1) is 41.5. The van der Waals surface area contributed by atoms with Gasteiger partial charge in [0.1, 0.15) is 5.58 Å². The number of rotatable bonds is 6. The van der Waals surface area contributed by atoms with Gasteiger partial charge in [-0.05, 0) is 108 Å². The standard InChI is InChI=1S/C37H32NO.C21H16FN2.Ir/c1-37(2)21-18-27(19-22-37)25-14-16-26(17-15-25)29-20-23-38-34(24-29)33-13-7-12-32-31-11-6-10-30(35(31)39-36(32)33)28-8-4-3-5-9-28;1-14-6-5-7-15(2)20(14)24-19-9-4-3-8-18(19)23-21(24)16-10-12-17(22)13-11-16;/h3-12,14-17,20,23-24,27H,18-19,21-22H2,1-2H3;3-10,12-13H,1-2H3;/q2*-1;/i27D;;. The first-order valence-corrected chi connectivity index (χ1v) is 21.8. The van der Waals surface area contributed by atoms with E-state index in [1.54, 1.807) is 6.07 Å². The summed E-state index contributed by atoms with van der Waals surface area (Å²) in [5.41, 5.74) is 15.4. The number of benzene rings is 7. The first-order valence-electron chi connectivity index (χ1n) is 22.3. The van der Waals surface area contributed by atoms with Gasteiger partial charge in [-0.25, -0.2) is 0 Å². The molecule has 0 unspecified atom stereocenters. The summed E-state index contributed by atoms with van der Waals surface area (Å²) in [5, 5.41) is 2.16. The molecule has 3 heterocycles. The second-order valence-corrected chi connectivity index (χ2v) is 17.4. The second-order valence-electron chi connectivity index (χ2n) is 17.4. The van der Waals surface area contributed by atoms with Crippen molar-refractivity contribution >= 4 is 33.0 Å². The van der Waals surface area contributed by atoms with Gasteiger partial charge in [0, 0.05) is 50.1 Å². The van der Waals surface area contributed by atoms with Crippen molar-refractivity contribution in [2.45, 2.75) is 59.3 Å². The van der Waals surface area contributed by atoms with Crippen LogP contribution in [-0.4, -0.2) is 14.5 Å². The quantitative estimate of drug-likeness (QED) is 0.156. The molecule has 1 saturated carbocycles. The molecule has 11 rings (SSSR count). The van der Waals surface area contributed by atoms with Gasteiger partial charge in [0.05, 0.1) is 22.4 Å². The van der Waals surface area contributed by atoms with E-state index < -0.39 is 5.89 Å². The van der Waals surface area contributed by atoms with E-state index in [9.17, 15) is 4.39 Å². The number of pyridine rings is 1. The van der Waals surface area contributed by atoms with Crippen LogP contribution in [0.15, 0.2) is 168 Å². The Kier molecular flexibility index (Phi) is 11.7. The first-order chi connectivity index (χ1) is 31.0. The smallest absolute Gasteiger partial charge is 0.128 e. The maximum atomic E-state index is 13.3. The fraction of sp³-hybridized carbons (Fsp3) is 0.172. The van der Waals surface area contributed by atoms with Gasteiger partial charge in [-0.1, -0.05) is 134 Å². The molecule has 7 aromatic carbocycles. The summed E-state index contributed by atoms with van der Waals surface area (Å²) < 4.78 is 31.2. The number of furan rings is 1. The summed E-state index contributed by atoms with van der Waals surface area (Å²) in [4.78, 5) is 9.51. The molecule has 64 heavy (non-hydrogen) atoms. The number of aryl methyl sites for hydroxylation is 2. The Labute approximate surface area is 389 Å². The van der Waals surface area contributed by atoms with Crippen LogP contribution in [0.3, 0.4) is 0 Å². The van der Waals surface area contributed by atoms with Crippen LogP contribution in [-0.2, 0) is 20.1 Å². The zero-order valence-electron chi connectivity index (χ0n) is 37.4. The van der Waals surface area contributed by atoms with Crippen molar-refractivity contribution in [3.8, 4) is 50.6 Å². The largest absolute Gasteiger partial charge is 0.500 e. The Balaban J connectivity index is 0.000000182. The van der Waals surface area contributed by atoms with E-state index in [0.29, 0.717) is 5.41 Å². The summed E-state index contributed by atoms with van der Waals surface area (Å²) in [7, 11) is 0. The third-order valence-corrected chi connectivity index (χ3v) is 12.6. The maximum absolute atomic E-state index is 13.3. The fourth-order valence-electron chi connectivity index (χ4n) is 9.10. The molecule has 1 aliphatic rings. The predicted molar refractivity (Wildman–Crippen MR) is 256 cm³/mol. The molecule has 6 heteroatoms. The van der Waals surface area contributed by atoms with E-state index in [1.807, 2.05) is 42.6 Å². The molecular weight excluding hydrogens is 966 g/mol. The molecule has 10 aromatic rings. The number of hydrogen-bond acceptors (Lipinski definition) is 3. The molecule has 0 bridgehead atoms. The van der Waals surface area contributed by atoms with Gasteiger partial charge in [0.2, 0.25) is 0 Å². The minimum atomic E-state index is -0.484. The Bertz CT molecular complexity index is 3270. The summed E-state index contributed by atoms with van der Waals surface area (Å²) in [6.45, 7) is 8.83. The van der Waals surface area contributed by atoms with Crippen LogP contribution in [0, 0.1) is 37.2 Å². The van der Waals surface area contributed by atoms with Crippen LogP contribution in [0.1, 0.15) is 63.5 Å². The van der Waals surface area contributed by atoms with Gasteiger partial charge in [0.25, 0.3) is 0 Å². The van der Waals surface area contributed by atoms with Crippen LogP contribution in [0.25, 0.3) is 83.6 Å². The molecular formula is C58H48FIrN3O-2. The molecule has 0 atom stereocenters. The summed E-state index contributed by atoms with van der Waals surface area (Å²) in [5.74, 6) is -0.0100. The number of para-hydroxylation sites is 4. The zero-order chi connectivity index (χ0) is 44.0. The fourth-order valence-corrected chi connectivity index (χ4v) is 9.10. The third-order valence-electron chi connectivity index (χ3n) is 12.6. The average Bonchev–Trinajstić information content (AvgIpc) is 3.90. The Hall–Kier alpha value is -6.46. The molecule has 0 N–H and O–H groups in total. The van der Waals surface area contributed by atoms with Crippen LogP contribution >= 0.6 is 0 Å². The summed E-state index contributed by atoms with van der Waals surface area (Å²) in [6, 6.07) is 58.7. The zero-order valence-corrected chi connectivity index (χ0v) is 38.8. The van der Waals surface area contributed by atoms with E-state index in [2.05, 4.69) is 148 Å². The van der Waals surface area contributed by atoms with Gasteiger partial charge in [-0.2, -0.15) is 0 Å². The van der Waals surface area contributed by atoms with Crippen molar-refractivity contribution in [2.75, 3.05) is 0 Å². The molecule has 319 valence electrons. The van der Waals surface area contributed by atoms with E-state index in [-0.39, 0.29) is 25.9 Å². The minimum absolute atomic E-state index is 0. The Morgan fingerprint density at radius 1 is 0.719 bits per heavy atom. The molecule has 3 aromatic heterocycles. The van der Waals surface area contributed by atoms with Gasteiger partial charge in [-0.3, -0.25) is 9.37 Å². The maximum Gasteiger partial charge on any atom is 0.128 e. The normalized spacial score (nSPS) is 14.4. The molecule has 1 radical (unpaired) electrons.